The first-order valence-electron chi connectivity index (χ1n) is 6.46. The van der Waals surface area contributed by atoms with E-state index in [-0.39, 0.29) is 6.10 Å². The van der Waals surface area contributed by atoms with Gasteiger partial charge in [-0.05, 0) is 25.3 Å². The van der Waals surface area contributed by atoms with Gasteiger partial charge in [0.15, 0.2) is 0 Å². The number of hydrogen-bond donors (Lipinski definition) is 3. The molecule has 0 aromatic heterocycles. The zero-order valence-electron chi connectivity index (χ0n) is 9.54. The molecule has 2 unspecified atom stereocenters. The van der Waals surface area contributed by atoms with E-state index in [0.29, 0.717) is 5.92 Å². The summed E-state index contributed by atoms with van der Waals surface area (Å²) < 4.78 is 0. The van der Waals surface area contributed by atoms with Crippen molar-refractivity contribution < 1.29 is 5.11 Å². The fourth-order valence-electron chi connectivity index (χ4n) is 2.79. The second kappa shape index (κ2) is 5.83. The molecule has 1 saturated heterocycles. The van der Waals surface area contributed by atoms with Gasteiger partial charge in [-0.1, -0.05) is 19.3 Å². The normalized spacial score (nSPS) is 33.4. The maximum atomic E-state index is 9.62. The molecule has 0 aromatic rings. The molecule has 3 N–H and O–H groups in total. The van der Waals surface area contributed by atoms with E-state index in [1.165, 1.54) is 32.1 Å². The molecule has 0 amide bonds. The Labute approximate surface area is 92.6 Å². The molecule has 0 bridgehead atoms. The van der Waals surface area contributed by atoms with Crippen LogP contribution in [0.4, 0.5) is 0 Å². The van der Waals surface area contributed by atoms with Gasteiger partial charge in [0.25, 0.3) is 0 Å². The summed E-state index contributed by atoms with van der Waals surface area (Å²) in [6.07, 6.45) is 6.93. The van der Waals surface area contributed by atoms with E-state index in [9.17, 15) is 5.11 Å². The van der Waals surface area contributed by atoms with Gasteiger partial charge < -0.3 is 15.7 Å². The van der Waals surface area contributed by atoms with E-state index in [2.05, 4.69) is 10.6 Å². The van der Waals surface area contributed by atoms with Crippen molar-refractivity contribution in [2.45, 2.75) is 38.2 Å². The highest BCUT2D eigenvalue weighted by Crippen LogP contribution is 2.22. The van der Waals surface area contributed by atoms with Crippen molar-refractivity contribution in [3.63, 3.8) is 0 Å². The molecule has 1 heterocycles. The lowest BCUT2D eigenvalue weighted by Gasteiger charge is -2.23. The molecule has 2 fully saturated rings. The van der Waals surface area contributed by atoms with Crippen molar-refractivity contribution >= 4 is 0 Å². The van der Waals surface area contributed by atoms with Crippen LogP contribution >= 0.6 is 0 Å². The molecule has 3 nitrogen and oxygen atoms in total. The molecular weight excluding hydrogens is 188 g/mol. The average molecular weight is 212 g/mol. The van der Waals surface area contributed by atoms with E-state index in [0.717, 1.165) is 32.1 Å². The van der Waals surface area contributed by atoms with Crippen molar-refractivity contribution in [2.75, 3.05) is 26.2 Å². The highest BCUT2D eigenvalue weighted by atomic mass is 16.3. The summed E-state index contributed by atoms with van der Waals surface area (Å²) in [4.78, 5) is 0. The molecular formula is C12H24N2O. The Bertz CT molecular complexity index is 180. The summed E-state index contributed by atoms with van der Waals surface area (Å²) in [5, 5.41) is 16.4. The van der Waals surface area contributed by atoms with E-state index in [4.69, 9.17) is 0 Å². The van der Waals surface area contributed by atoms with Gasteiger partial charge in [0.2, 0.25) is 0 Å². The summed E-state index contributed by atoms with van der Waals surface area (Å²) in [7, 11) is 0. The number of aliphatic hydroxyl groups excluding tert-OH is 1. The molecule has 88 valence electrons. The number of hydrogen-bond acceptors (Lipinski definition) is 3. The Balaban J connectivity index is 1.57. The maximum absolute atomic E-state index is 9.62. The molecule has 2 aliphatic rings. The van der Waals surface area contributed by atoms with Crippen LogP contribution in [-0.2, 0) is 0 Å². The second-order valence-corrected chi connectivity index (χ2v) is 5.15. The summed E-state index contributed by atoms with van der Waals surface area (Å²) >= 11 is 0. The smallest absolute Gasteiger partial charge is 0.0716 e. The van der Waals surface area contributed by atoms with Crippen LogP contribution in [0.3, 0.4) is 0 Å². The van der Waals surface area contributed by atoms with E-state index in [1.807, 2.05) is 0 Å². The number of rotatable bonds is 4. The van der Waals surface area contributed by atoms with Crippen molar-refractivity contribution in [1.29, 1.82) is 0 Å². The first-order chi connectivity index (χ1) is 7.36. The minimum Gasteiger partial charge on any atom is -0.391 e. The molecule has 1 aliphatic heterocycles. The molecule has 2 atom stereocenters. The Morgan fingerprint density at radius 1 is 1.07 bits per heavy atom. The Hall–Kier alpha value is -0.120. The lowest BCUT2D eigenvalue weighted by molar-refractivity contribution is 0.145. The van der Waals surface area contributed by atoms with E-state index in [1.54, 1.807) is 0 Å². The van der Waals surface area contributed by atoms with Crippen molar-refractivity contribution in [2.24, 2.45) is 11.8 Å². The number of aliphatic hydroxyl groups is 1. The zero-order chi connectivity index (χ0) is 10.5. The highest BCUT2D eigenvalue weighted by molar-refractivity contribution is 4.82. The third-order valence-electron chi connectivity index (χ3n) is 3.87. The molecule has 1 saturated carbocycles. The molecule has 0 spiro atoms. The maximum Gasteiger partial charge on any atom is 0.0716 e. The van der Waals surface area contributed by atoms with Crippen LogP contribution in [0.25, 0.3) is 0 Å². The molecule has 3 heteroatoms. The Kier molecular flexibility index (Phi) is 4.42. The van der Waals surface area contributed by atoms with Crippen LogP contribution in [0.15, 0.2) is 0 Å². The third kappa shape index (κ3) is 3.44. The molecule has 15 heavy (non-hydrogen) atoms. The first-order valence-corrected chi connectivity index (χ1v) is 6.46. The Morgan fingerprint density at radius 2 is 1.87 bits per heavy atom. The minimum absolute atomic E-state index is 0.135. The lowest BCUT2D eigenvalue weighted by atomic mass is 9.89. The predicted octanol–water partition coefficient (Wildman–Crippen LogP) is 0.737. The largest absolute Gasteiger partial charge is 0.391 e. The van der Waals surface area contributed by atoms with Crippen LogP contribution in [0.2, 0.25) is 0 Å². The summed E-state index contributed by atoms with van der Waals surface area (Å²) in [6, 6.07) is 0. The van der Waals surface area contributed by atoms with Gasteiger partial charge in [-0.15, -0.1) is 0 Å². The van der Waals surface area contributed by atoms with Crippen LogP contribution in [-0.4, -0.2) is 37.4 Å². The Morgan fingerprint density at radius 3 is 2.53 bits per heavy atom. The lowest BCUT2D eigenvalue weighted by Crippen LogP contribution is -2.33. The van der Waals surface area contributed by atoms with E-state index >= 15 is 0 Å². The fourth-order valence-corrected chi connectivity index (χ4v) is 2.79. The summed E-state index contributed by atoms with van der Waals surface area (Å²) in [6.45, 7) is 3.88. The van der Waals surface area contributed by atoms with E-state index < -0.39 is 0 Å². The molecule has 2 rings (SSSR count). The van der Waals surface area contributed by atoms with Crippen LogP contribution in [0.1, 0.15) is 32.1 Å². The SMILES string of the molecule is OC1CNCC1CNCC1CCCCC1. The van der Waals surface area contributed by atoms with Crippen LogP contribution in [0, 0.1) is 11.8 Å². The van der Waals surface area contributed by atoms with Gasteiger partial charge >= 0.3 is 0 Å². The second-order valence-electron chi connectivity index (χ2n) is 5.15. The van der Waals surface area contributed by atoms with Gasteiger partial charge in [-0.25, -0.2) is 0 Å². The van der Waals surface area contributed by atoms with Gasteiger partial charge in [0, 0.05) is 25.6 Å². The van der Waals surface area contributed by atoms with Crippen LogP contribution in [0.5, 0.6) is 0 Å². The quantitative estimate of drug-likeness (QED) is 0.644. The van der Waals surface area contributed by atoms with Gasteiger partial charge in [-0.2, -0.15) is 0 Å². The van der Waals surface area contributed by atoms with Crippen molar-refractivity contribution in [3.8, 4) is 0 Å². The fraction of sp³-hybridized carbons (Fsp3) is 1.00. The molecule has 0 aromatic carbocycles. The van der Waals surface area contributed by atoms with Crippen molar-refractivity contribution in [1.82, 2.24) is 10.6 Å². The van der Waals surface area contributed by atoms with Gasteiger partial charge in [0.05, 0.1) is 6.10 Å². The number of β-amino-alcohol motifs (C(OH)–C–C–N with tert-alkyl or cyclic N) is 1. The van der Waals surface area contributed by atoms with Crippen molar-refractivity contribution in [3.05, 3.63) is 0 Å². The predicted molar refractivity (Wildman–Crippen MR) is 61.8 cm³/mol. The monoisotopic (exact) mass is 212 g/mol. The topological polar surface area (TPSA) is 44.3 Å². The standard InChI is InChI=1S/C12H24N2O/c15-12-9-14-8-11(12)7-13-6-10-4-2-1-3-5-10/h10-15H,1-9H2. The van der Waals surface area contributed by atoms with Gasteiger partial charge in [-0.3, -0.25) is 0 Å². The molecule has 1 aliphatic carbocycles. The first kappa shape index (κ1) is 11.4. The zero-order valence-corrected chi connectivity index (χ0v) is 9.54. The van der Waals surface area contributed by atoms with Crippen LogP contribution < -0.4 is 10.6 Å². The minimum atomic E-state index is -0.135. The summed E-state index contributed by atoms with van der Waals surface area (Å²) in [5.41, 5.74) is 0. The highest BCUT2D eigenvalue weighted by Gasteiger charge is 2.24. The number of nitrogens with one attached hydrogen (secondary N) is 2. The third-order valence-corrected chi connectivity index (χ3v) is 3.87. The average Bonchev–Trinajstić information content (AvgIpc) is 2.66. The summed E-state index contributed by atoms with van der Waals surface area (Å²) in [5.74, 6) is 1.32. The van der Waals surface area contributed by atoms with Gasteiger partial charge in [0.1, 0.15) is 0 Å². The molecule has 0 radical (unpaired) electrons.